The minimum absolute atomic E-state index is 0.0981. The molecule has 3 aliphatic rings. The van der Waals surface area contributed by atoms with Crippen molar-refractivity contribution in [2.45, 2.75) is 6.61 Å². The molecule has 0 amide bonds. The highest BCUT2D eigenvalue weighted by molar-refractivity contribution is 5.68. The summed E-state index contributed by atoms with van der Waals surface area (Å²) in [5.41, 5.74) is 6.81. The second-order valence-corrected chi connectivity index (χ2v) is 7.96. The average molecular weight is 434 g/mol. The predicted molar refractivity (Wildman–Crippen MR) is 109 cm³/mol. The fraction of sp³-hybridized carbons (Fsp3) is 0.550. The number of hydrogen-bond acceptors (Lipinski definition) is 9. The van der Waals surface area contributed by atoms with Crippen molar-refractivity contribution in [1.82, 2.24) is 15.0 Å². The fourth-order valence-electron chi connectivity index (χ4n) is 4.30. The van der Waals surface area contributed by atoms with E-state index < -0.39 is 6.61 Å². The van der Waals surface area contributed by atoms with Crippen LogP contribution >= 0.6 is 0 Å². The van der Waals surface area contributed by atoms with Crippen molar-refractivity contribution in [1.29, 1.82) is 0 Å². The van der Waals surface area contributed by atoms with E-state index in [-0.39, 0.29) is 11.6 Å². The number of aromatic nitrogens is 3. The maximum atomic E-state index is 12.8. The van der Waals surface area contributed by atoms with Crippen LogP contribution in [0.2, 0.25) is 0 Å². The monoisotopic (exact) mass is 434 g/mol. The molecule has 5 rings (SSSR count). The lowest BCUT2D eigenvalue weighted by Crippen LogP contribution is -2.37. The maximum Gasteiger partial charge on any atom is 0.387 e. The van der Waals surface area contributed by atoms with Crippen LogP contribution in [0.5, 0.6) is 5.75 Å². The summed E-state index contributed by atoms with van der Waals surface area (Å²) in [7, 11) is 0. The summed E-state index contributed by atoms with van der Waals surface area (Å²) >= 11 is 0. The Balaban J connectivity index is 1.51. The Kier molecular flexibility index (Phi) is 5.45. The van der Waals surface area contributed by atoms with E-state index in [1.165, 1.54) is 12.3 Å². The zero-order chi connectivity index (χ0) is 21.4. The summed E-state index contributed by atoms with van der Waals surface area (Å²) < 4.78 is 41.1. The van der Waals surface area contributed by atoms with Crippen LogP contribution < -0.4 is 20.3 Å². The summed E-state index contributed by atoms with van der Waals surface area (Å²) in [6.07, 6.45) is 1.51. The molecule has 166 valence electrons. The molecule has 2 N–H and O–H groups in total. The Morgan fingerprint density at radius 1 is 1.03 bits per heavy atom. The lowest BCUT2D eigenvalue weighted by Gasteiger charge is -2.29. The van der Waals surface area contributed by atoms with Gasteiger partial charge >= 0.3 is 6.61 Å². The first-order valence-electron chi connectivity index (χ1n) is 10.3. The number of morpholine rings is 1. The summed E-state index contributed by atoms with van der Waals surface area (Å²) in [6, 6.07) is 3.28. The largest absolute Gasteiger partial charge is 0.431 e. The van der Waals surface area contributed by atoms with Gasteiger partial charge in [0.15, 0.2) is 11.6 Å². The number of fused-ring (bicyclic) bond motifs is 1. The third kappa shape index (κ3) is 4.19. The number of hydrogen-bond donors (Lipinski definition) is 1. The van der Waals surface area contributed by atoms with Gasteiger partial charge in [-0.1, -0.05) is 0 Å². The third-order valence-corrected chi connectivity index (χ3v) is 5.95. The van der Waals surface area contributed by atoms with E-state index in [9.17, 15) is 8.78 Å². The average Bonchev–Trinajstić information content (AvgIpc) is 3.38. The van der Waals surface area contributed by atoms with Gasteiger partial charge in [-0.25, -0.2) is 9.97 Å². The van der Waals surface area contributed by atoms with Crippen molar-refractivity contribution in [3.63, 3.8) is 0 Å². The highest BCUT2D eigenvalue weighted by atomic mass is 19.3. The molecule has 3 fully saturated rings. The Hall–Kier alpha value is -2.79. The second-order valence-electron chi connectivity index (χ2n) is 7.96. The summed E-state index contributed by atoms with van der Waals surface area (Å²) in [4.78, 5) is 17.9. The van der Waals surface area contributed by atoms with Crippen molar-refractivity contribution < 1.29 is 23.0 Å². The van der Waals surface area contributed by atoms with Gasteiger partial charge in [0.25, 0.3) is 0 Å². The van der Waals surface area contributed by atoms with Gasteiger partial charge in [0.2, 0.25) is 5.95 Å². The van der Waals surface area contributed by atoms with E-state index >= 15 is 0 Å². The van der Waals surface area contributed by atoms with E-state index in [4.69, 9.17) is 25.2 Å². The number of nitrogen functional groups attached to an aromatic ring is 1. The molecular weight excluding hydrogens is 410 g/mol. The number of ether oxygens (including phenoxy) is 3. The normalized spacial score (nSPS) is 23.5. The van der Waals surface area contributed by atoms with E-state index in [0.29, 0.717) is 55.3 Å². The van der Waals surface area contributed by atoms with Gasteiger partial charge in [-0.2, -0.15) is 13.8 Å². The minimum Gasteiger partial charge on any atom is -0.431 e. The summed E-state index contributed by atoms with van der Waals surface area (Å²) in [5.74, 6) is 2.06. The van der Waals surface area contributed by atoms with Crippen LogP contribution in [-0.4, -0.2) is 74.2 Å². The molecule has 3 aliphatic heterocycles. The van der Waals surface area contributed by atoms with Crippen LogP contribution in [0.1, 0.15) is 0 Å². The topological polar surface area (TPSA) is 98.9 Å². The van der Waals surface area contributed by atoms with Gasteiger partial charge in [-0.15, -0.1) is 0 Å². The number of halogens is 2. The standard InChI is InChI=1S/C20H24F2N6O3/c21-19(22)31-16-5-12(7-24-18(16)23)15-6-17(27-1-3-29-4-2-27)26-20(25-15)28-8-13-10-30-11-14(13)9-28/h5-7,13-14,19H,1-4,8-11H2,(H2,23,24)/t13-,14+. The van der Waals surface area contributed by atoms with Crippen molar-refractivity contribution in [3.8, 4) is 17.0 Å². The third-order valence-electron chi connectivity index (χ3n) is 5.95. The van der Waals surface area contributed by atoms with Crippen molar-refractivity contribution in [3.05, 3.63) is 18.3 Å². The molecule has 31 heavy (non-hydrogen) atoms. The Morgan fingerprint density at radius 3 is 2.48 bits per heavy atom. The highest BCUT2D eigenvalue weighted by Gasteiger charge is 2.38. The molecule has 0 spiro atoms. The van der Waals surface area contributed by atoms with Crippen LogP contribution in [0.3, 0.4) is 0 Å². The molecule has 0 unspecified atom stereocenters. The van der Waals surface area contributed by atoms with Gasteiger partial charge in [0, 0.05) is 55.8 Å². The molecule has 5 heterocycles. The summed E-state index contributed by atoms with van der Waals surface area (Å²) in [6.45, 7) is 2.86. The highest BCUT2D eigenvalue weighted by Crippen LogP contribution is 2.34. The lowest BCUT2D eigenvalue weighted by atomic mass is 10.0. The fourth-order valence-corrected chi connectivity index (χ4v) is 4.30. The number of rotatable bonds is 5. The van der Waals surface area contributed by atoms with E-state index in [1.807, 2.05) is 6.07 Å². The van der Waals surface area contributed by atoms with Crippen LogP contribution in [0.15, 0.2) is 18.3 Å². The van der Waals surface area contributed by atoms with Crippen LogP contribution in [0, 0.1) is 11.8 Å². The molecule has 0 aromatic carbocycles. The van der Waals surface area contributed by atoms with E-state index in [2.05, 4.69) is 19.5 Å². The van der Waals surface area contributed by atoms with Crippen LogP contribution in [-0.2, 0) is 9.47 Å². The van der Waals surface area contributed by atoms with E-state index in [0.717, 1.165) is 32.1 Å². The van der Waals surface area contributed by atoms with Crippen molar-refractivity contribution >= 4 is 17.6 Å². The molecule has 0 radical (unpaired) electrons. The van der Waals surface area contributed by atoms with Crippen LogP contribution in [0.4, 0.5) is 26.4 Å². The SMILES string of the molecule is Nc1ncc(-c2cc(N3CCOCC3)nc(N3C[C@H]4COC[C@H]4C3)n2)cc1OC(F)F. The van der Waals surface area contributed by atoms with Crippen molar-refractivity contribution in [2.75, 3.05) is 68.1 Å². The molecular formula is C20H24F2N6O3. The Bertz CT molecular complexity index is 931. The van der Waals surface area contributed by atoms with Gasteiger partial charge in [0.1, 0.15) is 5.82 Å². The van der Waals surface area contributed by atoms with Gasteiger partial charge in [0.05, 0.1) is 32.1 Å². The molecule has 2 aromatic heterocycles. The minimum atomic E-state index is -2.99. The summed E-state index contributed by atoms with van der Waals surface area (Å²) in [5, 5.41) is 0. The quantitative estimate of drug-likeness (QED) is 0.753. The number of anilines is 3. The van der Waals surface area contributed by atoms with Crippen molar-refractivity contribution in [2.24, 2.45) is 11.8 Å². The number of alkyl halides is 2. The van der Waals surface area contributed by atoms with Gasteiger partial charge < -0.3 is 29.7 Å². The molecule has 9 nitrogen and oxygen atoms in total. The smallest absolute Gasteiger partial charge is 0.387 e. The number of nitrogens with zero attached hydrogens (tertiary/aromatic N) is 5. The first-order chi connectivity index (χ1) is 15.1. The molecule has 0 bridgehead atoms. The first-order valence-corrected chi connectivity index (χ1v) is 10.3. The van der Waals surface area contributed by atoms with E-state index in [1.54, 1.807) is 0 Å². The Morgan fingerprint density at radius 2 is 1.77 bits per heavy atom. The first kappa shape index (κ1) is 20.1. The van der Waals surface area contributed by atoms with Gasteiger partial charge in [-0.05, 0) is 6.07 Å². The number of nitrogens with two attached hydrogens (primary N) is 1. The van der Waals surface area contributed by atoms with Crippen LogP contribution in [0.25, 0.3) is 11.3 Å². The maximum absolute atomic E-state index is 12.8. The zero-order valence-electron chi connectivity index (χ0n) is 16.9. The Labute approximate surface area is 178 Å². The molecule has 0 aliphatic carbocycles. The lowest BCUT2D eigenvalue weighted by molar-refractivity contribution is -0.0494. The molecule has 2 aromatic rings. The molecule has 3 saturated heterocycles. The molecule has 0 saturated carbocycles. The predicted octanol–water partition coefficient (Wildman–Crippen LogP) is 1.64. The second kappa shape index (κ2) is 8.39. The van der Waals surface area contributed by atoms with Gasteiger partial charge in [-0.3, -0.25) is 0 Å². The molecule has 11 heteroatoms. The zero-order valence-corrected chi connectivity index (χ0v) is 16.9. The molecule has 2 atom stereocenters. The number of pyridine rings is 1.